The number of imide groups is 1. The summed E-state index contributed by atoms with van der Waals surface area (Å²) in [6.45, 7) is 0.726. The van der Waals surface area contributed by atoms with Crippen LogP contribution in [-0.2, 0) is 16.1 Å². The molecule has 1 aliphatic heterocycles. The first-order valence-corrected chi connectivity index (χ1v) is 8.89. The quantitative estimate of drug-likeness (QED) is 0.814. The molecule has 1 saturated carbocycles. The number of rotatable bonds is 6. The fraction of sp³-hybridized carbons (Fsp3) is 0.579. The molecule has 2 atom stereocenters. The maximum Gasteiger partial charge on any atom is 0.524 e. The first-order valence-electron chi connectivity index (χ1n) is 8.89. The average Bonchev–Trinajstić information content (AvgIpc) is 3.24. The van der Waals surface area contributed by atoms with Gasteiger partial charge in [-0.15, -0.1) is 0 Å². The van der Waals surface area contributed by atoms with E-state index in [0.29, 0.717) is 25.4 Å². The molecule has 24 heavy (non-hydrogen) atoms. The second-order valence-electron chi connectivity index (χ2n) is 7.05. The maximum atomic E-state index is 13.2. The van der Waals surface area contributed by atoms with Gasteiger partial charge in [0.15, 0.2) is 0 Å². The van der Waals surface area contributed by atoms with Crippen LogP contribution >= 0.6 is 0 Å². The number of carbonyl (C=O) groups is 2. The summed E-state index contributed by atoms with van der Waals surface area (Å²) in [4.78, 5) is 25.7. The van der Waals surface area contributed by atoms with Crippen LogP contribution in [0.3, 0.4) is 0 Å². The van der Waals surface area contributed by atoms with E-state index in [1.165, 1.54) is 12.8 Å². The summed E-state index contributed by atoms with van der Waals surface area (Å²) < 4.78 is 4.84. The Morgan fingerprint density at radius 1 is 1.25 bits per heavy atom. The molecule has 1 aromatic carbocycles. The van der Waals surface area contributed by atoms with Crippen molar-refractivity contribution in [1.82, 2.24) is 0 Å². The molecule has 0 bridgehead atoms. The number of nitrogens with zero attached hydrogens (tertiary/aromatic N) is 1. The molecule has 1 aromatic rings. The van der Waals surface area contributed by atoms with E-state index in [1.807, 2.05) is 30.3 Å². The van der Waals surface area contributed by atoms with Gasteiger partial charge in [-0.05, 0) is 12.3 Å². The molecule has 0 radical (unpaired) electrons. The van der Waals surface area contributed by atoms with Crippen LogP contribution in [0.25, 0.3) is 0 Å². The number of amides is 2. The van der Waals surface area contributed by atoms with Gasteiger partial charge in [0.25, 0.3) is 0 Å². The molecule has 2 aliphatic rings. The van der Waals surface area contributed by atoms with Crippen LogP contribution in [0.4, 0.5) is 4.79 Å². The lowest BCUT2D eigenvalue weighted by Gasteiger charge is -2.29. The van der Waals surface area contributed by atoms with E-state index in [1.54, 1.807) is 0 Å². The van der Waals surface area contributed by atoms with Crippen LogP contribution in [0.2, 0.25) is 0 Å². The second kappa shape index (κ2) is 7.45. The fourth-order valence-electron chi connectivity index (χ4n) is 4.07. The third-order valence-electron chi connectivity index (χ3n) is 5.43. The highest BCUT2D eigenvalue weighted by Crippen LogP contribution is 2.33. The van der Waals surface area contributed by atoms with Gasteiger partial charge in [-0.3, -0.25) is 0 Å². The molecular formula is C19H26NO4+. The Morgan fingerprint density at radius 3 is 2.54 bits per heavy atom. The standard InChI is InChI=1S/C19H26NO4/c21-14-17(12-15-6-4-5-7-15)18(22)20(10-11-24-19(20)23)13-16-8-2-1-3-9-16/h1-3,8-9,15,17,21H,4-7,10-14H2/q+1. The van der Waals surface area contributed by atoms with Crippen molar-refractivity contribution >= 4 is 12.0 Å². The lowest BCUT2D eigenvalue weighted by atomic mass is 9.92. The number of hydrogen-bond donors (Lipinski definition) is 1. The highest BCUT2D eigenvalue weighted by atomic mass is 16.6. The van der Waals surface area contributed by atoms with Gasteiger partial charge in [0, 0.05) is 5.56 Å². The van der Waals surface area contributed by atoms with Crippen LogP contribution < -0.4 is 0 Å². The Labute approximate surface area is 142 Å². The molecule has 1 saturated heterocycles. The van der Waals surface area contributed by atoms with Crippen molar-refractivity contribution in [2.75, 3.05) is 19.8 Å². The molecule has 0 aromatic heterocycles. The molecule has 130 valence electrons. The Kier molecular flexibility index (Phi) is 5.31. The summed E-state index contributed by atoms with van der Waals surface area (Å²) in [6.07, 6.45) is 4.83. The van der Waals surface area contributed by atoms with Gasteiger partial charge in [0.05, 0.1) is 12.5 Å². The van der Waals surface area contributed by atoms with Crippen LogP contribution in [0, 0.1) is 11.8 Å². The SMILES string of the molecule is O=C1OCC[N+]1(Cc1ccccc1)C(=O)C(CO)CC1CCCC1. The molecule has 1 aliphatic carbocycles. The van der Waals surface area contributed by atoms with Crippen molar-refractivity contribution in [3.05, 3.63) is 35.9 Å². The van der Waals surface area contributed by atoms with E-state index >= 15 is 0 Å². The first-order chi connectivity index (χ1) is 11.7. The zero-order valence-corrected chi connectivity index (χ0v) is 14.0. The highest BCUT2D eigenvalue weighted by molar-refractivity contribution is 5.83. The summed E-state index contributed by atoms with van der Waals surface area (Å²) >= 11 is 0. The van der Waals surface area contributed by atoms with Gasteiger partial charge >= 0.3 is 12.0 Å². The minimum Gasteiger partial charge on any atom is -0.414 e. The van der Waals surface area contributed by atoms with Crippen molar-refractivity contribution in [3.8, 4) is 0 Å². The fourth-order valence-corrected chi connectivity index (χ4v) is 4.07. The van der Waals surface area contributed by atoms with Gasteiger partial charge in [-0.25, -0.2) is 4.79 Å². The average molecular weight is 332 g/mol. The number of cyclic esters (lactones) is 1. The predicted octanol–water partition coefficient (Wildman–Crippen LogP) is 2.87. The van der Waals surface area contributed by atoms with Gasteiger partial charge in [-0.1, -0.05) is 56.0 Å². The van der Waals surface area contributed by atoms with Gasteiger partial charge in [0.1, 0.15) is 19.7 Å². The van der Waals surface area contributed by atoms with Crippen molar-refractivity contribution < 1.29 is 23.9 Å². The van der Waals surface area contributed by atoms with Crippen LogP contribution in [0.5, 0.6) is 0 Å². The third-order valence-corrected chi connectivity index (χ3v) is 5.43. The van der Waals surface area contributed by atoms with Gasteiger partial charge in [0.2, 0.25) is 0 Å². The summed E-state index contributed by atoms with van der Waals surface area (Å²) in [5.74, 6) is -0.181. The number of aliphatic hydroxyl groups is 1. The lowest BCUT2D eigenvalue weighted by Crippen LogP contribution is -2.56. The minimum absolute atomic E-state index is 0.184. The molecule has 2 amide bonds. The molecule has 2 fully saturated rings. The summed E-state index contributed by atoms with van der Waals surface area (Å²) in [5.41, 5.74) is 0.933. The zero-order valence-electron chi connectivity index (χ0n) is 14.0. The normalized spacial score (nSPS) is 25.6. The Morgan fingerprint density at radius 2 is 1.96 bits per heavy atom. The zero-order chi connectivity index (χ0) is 17.0. The molecule has 1 N–H and O–H groups in total. The molecule has 2 unspecified atom stereocenters. The molecular weight excluding hydrogens is 306 g/mol. The molecule has 5 heteroatoms. The van der Waals surface area contributed by atoms with Crippen LogP contribution in [0.15, 0.2) is 30.3 Å². The molecule has 3 rings (SSSR count). The number of benzene rings is 1. The maximum absolute atomic E-state index is 13.2. The smallest absolute Gasteiger partial charge is 0.414 e. The monoisotopic (exact) mass is 332 g/mol. The van der Waals surface area contributed by atoms with E-state index in [-0.39, 0.29) is 23.6 Å². The topological polar surface area (TPSA) is 63.6 Å². The lowest BCUT2D eigenvalue weighted by molar-refractivity contribution is -0.782. The van der Waals surface area contributed by atoms with E-state index in [4.69, 9.17) is 4.74 Å². The Bertz CT molecular complexity index is 582. The van der Waals surface area contributed by atoms with E-state index in [0.717, 1.165) is 18.4 Å². The number of ether oxygens (including phenoxy) is 1. The second-order valence-corrected chi connectivity index (χ2v) is 7.05. The molecule has 0 spiro atoms. The third kappa shape index (κ3) is 3.37. The highest BCUT2D eigenvalue weighted by Gasteiger charge is 2.53. The van der Waals surface area contributed by atoms with Gasteiger partial charge < -0.3 is 9.84 Å². The summed E-state index contributed by atoms with van der Waals surface area (Å²) in [6, 6.07) is 9.56. The van der Waals surface area contributed by atoms with Crippen LogP contribution in [0.1, 0.15) is 37.7 Å². The van der Waals surface area contributed by atoms with Crippen molar-refractivity contribution in [3.63, 3.8) is 0 Å². The van der Waals surface area contributed by atoms with Crippen molar-refractivity contribution in [2.45, 2.75) is 38.6 Å². The Balaban J connectivity index is 1.81. The number of quaternary nitrogens is 1. The largest absolute Gasteiger partial charge is 0.524 e. The Hall–Kier alpha value is -1.72. The predicted molar refractivity (Wildman–Crippen MR) is 88.8 cm³/mol. The van der Waals surface area contributed by atoms with Crippen molar-refractivity contribution in [2.24, 2.45) is 11.8 Å². The summed E-state index contributed by atoms with van der Waals surface area (Å²) in [5, 5.41) is 9.80. The van der Waals surface area contributed by atoms with Crippen LogP contribution in [-0.4, -0.2) is 41.3 Å². The minimum atomic E-state index is -0.484. The van der Waals surface area contributed by atoms with E-state index in [9.17, 15) is 14.7 Å². The first kappa shape index (κ1) is 17.1. The number of carbonyl (C=O) groups excluding carboxylic acids is 2. The molecule has 1 heterocycles. The number of aliphatic hydroxyl groups excluding tert-OH is 1. The van der Waals surface area contributed by atoms with Gasteiger partial charge in [-0.2, -0.15) is 9.28 Å². The summed E-state index contributed by atoms with van der Waals surface area (Å²) in [7, 11) is 0. The number of hydrogen-bond acceptors (Lipinski definition) is 4. The molecule has 5 nitrogen and oxygen atoms in total. The van der Waals surface area contributed by atoms with E-state index in [2.05, 4.69) is 0 Å². The van der Waals surface area contributed by atoms with Crippen molar-refractivity contribution in [1.29, 1.82) is 0 Å². The van der Waals surface area contributed by atoms with E-state index < -0.39 is 12.0 Å².